The van der Waals surface area contributed by atoms with Gasteiger partial charge in [-0.05, 0) is 19.1 Å². The maximum absolute atomic E-state index is 11.0. The van der Waals surface area contributed by atoms with Gasteiger partial charge in [0.25, 0.3) is 0 Å². The number of anilines is 1. The van der Waals surface area contributed by atoms with E-state index in [0.717, 1.165) is 11.3 Å². The molecule has 3 heteroatoms. The highest BCUT2D eigenvalue weighted by Crippen LogP contribution is 2.12. The average molecular weight is 174 g/mol. The number of nitrogens with zero attached hydrogens (tertiary/aromatic N) is 2. The number of hydrogen-bond acceptors (Lipinski definition) is 2. The maximum Gasteiger partial charge on any atom is 0.329 e. The van der Waals surface area contributed by atoms with Gasteiger partial charge in [-0.1, -0.05) is 17.7 Å². The molecule has 1 aromatic rings. The molecule has 0 spiro atoms. The van der Waals surface area contributed by atoms with Crippen molar-refractivity contribution < 1.29 is 4.79 Å². The summed E-state index contributed by atoms with van der Waals surface area (Å²) < 4.78 is 0. The van der Waals surface area contributed by atoms with Crippen LogP contribution in [0.5, 0.6) is 0 Å². The summed E-state index contributed by atoms with van der Waals surface area (Å²) in [6, 6.07) is 8.98. The van der Waals surface area contributed by atoms with Crippen molar-refractivity contribution in [2.24, 2.45) is 0 Å². The van der Waals surface area contributed by atoms with Crippen LogP contribution in [0.2, 0.25) is 0 Å². The van der Waals surface area contributed by atoms with E-state index < -0.39 is 5.91 Å². The molecule has 1 amide bonds. The Morgan fingerprint density at radius 3 is 2.38 bits per heavy atom. The predicted octanol–water partition coefficient (Wildman–Crippen LogP) is 1.48. The van der Waals surface area contributed by atoms with Gasteiger partial charge in [-0.25, -0.2) is 0 Å². The normalized spacial score (nSPS) is 9.00. The molecule has 3 nitrogen and oxygen atoms in total. The predicted molar refractivity (Wildman–Crippen MR) is 50.2 cm³/mol. The monoisotopic (exact) mass is 174 g/mol. The number of carbonyl (C=O) groups excluding carboxylic acids is 1. The molecule has 0 radical (unpaired) electrons. The number of carbonyl (C=O) groups is 1. The van der Waals surface area contributed by atoms with Crippen molar-refractivity contribution in [2.45, 2.75) is 6.92 Å². The summed E-state index contributed by atoms with van der Waals surface area (Å²) in [5.74, 6) is -0.552. The Bertz CT molecular complexity index is 348. The molecule has 13 heavy (non-hydrogen) atoms. The fraction of sp³-hybridized carbons (Fsp3) is 0.200. The van der Waals surface area contributed by atoms with Crippen LogP contribution < -0.4 is 4.90 Å². The van der Waals surface area contributed by atoms with Crippen molar-refractivity contribution in [1.82, 2.24) is 0 Å². The molecule has 0 aromatic heterocycles. The van der Waals surface area contributed by atoms with Gasteiger partial charge < -0.3 is 4.90 Å². The van der Waals surface area contributed by atoms with Crippen LogP contribution in [-0.4, -0.2) is 13.0 Å². The minimum Gasteiger partial charge on any atom is -0.303 e. The van der Waals surface area contributed by atoms with E-state index in [1.165, 1.54) is 4.90 Å². The van der Waals surface area contributed by atoms with Crippen molar-refractivity contribution in [1.29, 1.82) is 5.26 Å². The van der Waals surface area contributed by atoms with E-state index in [2.05, 4.69) is 0 Å². The van der Waals surface area contributed by atoms with Crippen LogP contribution in [0.1, 0.15) is 5.56 Å². The second-order valence-electron chi connectivity index (χ2n) is 2.81. The van der Waals surface area contributed by atoms with Crippen LogP contribution in [0.4, 0.5) is 5.69 Å². The molecule has 0 aliphatic heterocycles. The largest absolute Gasteiger partial charge is 0.329 e. The molecule has 0 bridgehead atoms. The van der Waals surface area contributed by atoms with Gasteiger partial charge in [-0.2, -0.15) is 5.26 Å². The lowest BCUT2D eigenvalue weighted by Gasteiger charge is -2.12. The fourth-order valence-corrected chi connectivity index (χ4v) is 0.961. The van der Waals surface area contributed by atoms with Crippen LogP contribution in [0, 0.1) is 18.3 Å². The molecule has 66 valence electrons. The van der Waals surface area contributed by atoms with Gasteiger partial charge in [0, 0.05) is 12.7 Å². The van der Waals surface area contributed by atoms with Gasteiger partial charge in [-0.3, -0.25) is 4.79 Å². The average Bonchev–Trinajstić information content (AvgIpc) is 2.17. The number of rotatable bonds is 1. The van der Waals surface area contributed by atoms with Crippen LogP contribution in [0.3, 0.4) is 0 Å². The molecule has 0 atom stereocenters. The first-order valence-corrected chi connectivity index (χ1v) is 3.89. The lowest BCUT2D eigenvalue weighted by atomic mass is 10.2. The number of aryl methyl sites for hydroxylation is 1. The highest BCUT2D eigenvalue weighted by Gasteiger charge is 2.08. The van der Waals surface area contributed by atoms with Crippen LogP contribution in [0.15, 0.2) is 24.3 Å². The Balaban J connectivity index is 2.91. The second-order valence-corrected chi connectivity index (χ2v) is 2.81. The Morgan fingerprint density at radius 1 is 1.38 bits per heavy atom. The Labute approximate surface area is 77.2 Å². The van der Waals surface area contributed by atoms with E-state index in [0.29, 0.717) is 0 Å². The maximum atomic E-state index is 11.0. The first-order chi connectivity index (χ1) is 6.15. The van der Waals surface area contributed by atoms with Crippen LogP contribution >= 0.6 is 0 Å². The summed E-state index contributed by atoms with van der Waals surface area (Å²) in [5, 5.41) is 8.38. The van der Waals surface area contributed by atoms with Gasteiger partial charge in [0.15, 0.2) is 6.07 Å². The summed E-state index contributed by atoms with van der Waals surface area (Å²) in [7, 11) is 1.58. The number of hydrogen-bond donors (Lipinski definition) is 0. The van der Waals surface area contributed by atoms with E-state index in [4.69, 9.17) is 5.26 Å². The Morgan fingerprint density at radius 2 is 1.92 bits per heavy atom. The SMILES string of the molecule is Cc1ccc(N(C)C(=O)C#N)cc1. The standard InChI is InChI=1S/C10H10N2O/c1-8-3-5-9(6-4-8)12(2)10(13)7-11/h3-6H,1-2H3. The van der Waals surface area contributed by atoms with E-state index in [1.807, 2.05) is 31.2 Å². The van der Waals surface area contributed by atoms with E-state index in [-0.39, 0.29) is 0 Å². The Hall–Kier alpha value is -1.82. The zero-order chi connectivity index (χ0) is 9.84. The third-order valence-electron chi connectivity index (χ3n) is 1.82. The highest BCUT2D eigenvalue weighted by atomic mass is 16.2. The Kier molecular flexibility index (Phi) is 2.65. The first kappa shape index (κ1) is 9.27. The molecule has 0 aliphatic rings. The molecule has 0 heterocycles. The molecule has 0 aliphatic carbocycles. The lowest BCUT2D eigenvalue weighted by molar-refractivity contribution is -0.113. The molecule has 0 saturated carbocycles. The quantitative estimate of drug-likeness (QED) is 0.605. The minimum absolute atomic E-state index is 0.552. The van der Waals surface area contributed by atoms with Crippen molar-refractivity contribution in [2.75, 3.05) is 11.9 Å². The zero-order valence-electron chi connectivity index (χ0n) is 7.61. The second kappa shape index (κ2) is 3.72. The van der Waals surface area contributed by atoms with E-state index >= 15 is 0 Å². The van der Waals surface area contributed by atoms with Gasteiger partial charge >= 0.3 is 5.91 Å². The third kappa shape index (κ3) is 2.06. The summed E-state index contributed by atoms with van der Waals surface area (Å²) in [6.45, 7) is 1.97. The first-order valence-electron chi connectivity index (χ1n) is 3.89. The number of nitriles is 1. The van der Waals surface area contributed by atoms with Crippen molar-refractivity contribution in [3.63, 3.8) is 0 Å². The molecular weight excluding hydrogens is 164 g/mol. The highest BCUT2D eigenvalue weighted by molar-refractivity contribution is 6.03. The third-order valence-corrected chi connectivity index (χ3v) is 1.82. The van der Waals surface area contributed by atoms with E-state index in [1.54, 1.807) is 13.1 Å². The zero-order valence-corrected chi connectivity index (χ0v) is 7.61. The summed E-state index contributed by atoms with van der Waals surface area (Å²) in [6.07, 6.45) is 0. The molecule has 1 rings (SSSR count). The van der Waals surface area contributed by atoms with Gasteiger partial charge in [0.05, 0.1) is 0 Å². The van der Waals surface area contributed by atoms with Gasteiger partial charge in [0.1, 0.15) is 0 Å². The van der Waals surface area contributed by atoms with Crippen molar-refractivity contribution in [3.8, 4) is 6.07 Å². The van der Waals surface area contributed by atoms with Crippen molar-refractivity contribution in [3.05, 3.63) is 29.8 Å². The molecule has 0 fully saturated rings. The van der Waals surface area contributed by atoms with Gasteiger partial charge in [-0.15, -0.1) is 0 Å². The molecule has 0 saturated heterocycles. The summed E-state index contributed by atoms with van der Waals surface area (Å²) in [5.41, 5.74) is 1.86. The van der Waals surface area contributed by atoms with Crippen LogP contribution in [0.25, 0.3) is 0 Å². The minimum atomic E-state index is -0.552. The van der Waals surface area contributed by atoms with E-state index in [9.17, 15) is 4.79 Å². The van der Waals surface area contributed by atoms with Gasteiger partial charge in [0.2, 0.25) is 0 Å². The van der Waals surface area contributed by atoms with Crippen LogP contribution in [-0.2, 0) is 4.79 Å². The molecule has 1 aromatic carbocycles. The fourth-order valence-electron chi connectivity index (χ4n) is 0.961. The smallest absolute Gasteiger partial charge is 0.303 e. The summed E-state index contributed by atoms with van der Waals surface area (Å²) in [4.78, 5) is 12.3. The number of amides is 1. The molecule has 0 unspecified atom stereocenters. The summed E-state index contributed by atoms with van der Waals surface area (Å²) >= 11 is 0. The van der Waals surface area contributed by atoms with Crippen molar-refractivity contribution >= 4 is 11.6 Å². The number of benzene rings is 1. The molecule has 0 N–H and O–H groups in total. The molecular formula is C10H10N2O. The lowest BCUT2D eigenvalue weighted by Crippen LogP contribution is -2.24. The topological polar surface area (TPSA) is 44.1 Å².